The molecule has 1 amide bonds. The van der Waals surface area contributed by atoms with Crippen molar-refractivity contribution in [1.29, 1.82) is 0 Å². The number of benzene rings is 1. The Morgan fingerprint density at radius 2 is 1.76 bits per heavy atom. The van der Waals surface area contributed by atoms with Gasteiger partial charge in [-0.25, -0.2) is 0 Å². The van der Waals surface area contributed by atoms with Gasteiger partial charge in [-0.3, -0.25) is 9.69 Å². The van der Waals surface area contributed by atoms with Crippen LogP contribution >= 0.6 is 11.3 Å². The van der Waals surface area contributed by atoms with Crippen LogP contribution in [0.5, 0.6) is 0 Å². The van der Waals surface area contributed by atoms with E-state index in [4.69, 9.17) is 0 Å². The van der Waals surface area contributed by atoms with Crippen molar-refractivity contribution in [2.75, 3.05) is 33.7 Å². The highest BCUT2D eigenvalue weighted by Gasteiger charge is 2.26. The molecule has 0 saturated carbocycles. The molecule has 25 heavy (non-hydrogen) atoms. The predicted molar refractivity (Wildman–Crippen MR) is 106 cm³/mol. The van der Waals surface area contributed by atoms with Gasteiger partial charge in [0.1, 0.15) is 6.04 Å². The van der Waals surface area contributed by atoms with Crippen LogP contribution in [0.25, 0.3) is 0 Å². The molecule has 0 saturated heterocycles. The molecule has 0 aliphatic heterocycles. The fourth-order valence-electron chi connectivity index (χ4n) is 3.11. The molecule has 4 nitrogen and oxygen atoms in total. The molecule has 2 unspecified atom stereocenters. The Hall–Kier alpha value is -1.69. The summed E-state index contributed by atoms with van der Waals surface area (Å²) in [5, 5.41) is 7.41. The number of thiophene rings is 1. The summed E-state index contributed by atoms with van der Waals surface area (Å²) in [7, 11) is 4.10. The molecule has 136 valence electrons. The number of nitrogens with one attached hydrogen (secondary N) is 1. The highest BCUT2D eigenvalue weighted by atomic mass is 32.1. The van der Waals surface area contributed by atoms with Crippen molar-refractivity contribution in [3.63, 3.8) is 0 Å². The Kier molecular flexibility index (Phi) is 7.62. The minimum atomic E-state index is -0.249. The van der Waals surface area contributed by atoms with Crippen LogP contribution in [-0.4, -0.2) is 49.4 Å². The zero-order valence-electron chi connectivity index (χ0n) is 15.6. The summed E-state index contributed by atoms with van der Waals surface area (Å²) in [6, 6.07) is 12.1. The van der Waals surface area contributed by atoms with Gasteiger partial charge in [-0.15, -0.1) is 0 Å². The van der Waals surface area contributed by atoms with Crippen LogP contribution in [-0.2, 0) is 4.79 Å². The molecule has 2 aromatic rings. The van der Waals surface area contributed by atoms with Gasteiger partial charge in [0.2, 0.25) is 5.91 Å². The topological polar surface area (TPSA) is 35.6 Å². The van der Waals surface area contributed by atoms with E-state index in [9.17, 15) is 4.79 Å². The summed E-state index contributed by atoms with van der Waals surface area (Å²) >= 11 is 1.69. The van der Waals surface area contributed by atoms with Crippen LogP contribution in [0, 0.1) is 0 Å². The second-order valence-electron chi connectivity index (χ2n) is 6.32. The van der Waals surface area contributed by atoms with Crippen LogP contribution in [0.4, 0.5) is 0 Å². The summed E-state index contributed by atoms with van der Waals surface area (Å²) in [6.45, 7) is 6.48. The first kappa shape index (κ1) is 19.6. The van der Waals surface area contributed by atoms with Crippen LogP contribution in [0.1, 0.15) is 37.1 Å². The summed E-state index contributed by atoms with van der Waals surface area (Å²) in [5.41, 5.74) is 2.29. The van der Waals surface area contributed by atoms with Crippen LogP contribution in [0.15, 0.2) is 47.2 Å². The smallest absolute Gasteiger partial charge is 0.242 e. The number of hydrogen-bond acceptors (Lipinski definition) is 4. The van der Waals surface area contributed by atoms with Crippen molar-refractivity contribution in [3.05, 3.63) is 58.3 Å². The second-order valence-corrected chi connectivity index (χ2v) is 7.10. The molecular formula is C20H29N3OS. The normalized spacial score (nSPS) is 13.8. The van der Waals surface area contributed by atoms with Crippen LogP contribution < -0.4 is 5.32 Å². The van der Waals surface area contributed by atoms with E-state index in [0.717, 1.165) is 18.7 Å². The maximum atomic E-state index is 13.0. The Balaban J connectivity index is 2.14. The maximum Gasteiger partial charge on any atom is 0.242 e. The van der Waals surface area contributed by atoms with Gasteiger partial charge in [-0.05, 0) is 55.1 Å². The number of likely N-dealkylation sites (N-methyl/N-ethyl adjacent to an activating group) is 2. The van der Waals surface area contributed by atoms with Gasteiger partial charge >= 0.3 is 0 Å². The Bertz CT molecular complexity index is 624. The molecule has 2 rings (SSSR count). The first-order chi connectivity index (χ1) is 12.1. The second kappa shape index (κ2) is 9.70. The molecule has 0 spiro atoms. The molecule has 0 aliphatic rings. The lowest BCUT2D eigenvalue weighted by molar-refractivity contribution is -0.126. The largest absolute Gasteiger partial charge is 0.353 e. The molecule has 5 heteroatoms. The SMILES string of the molecule is CCN(CC)C(C(=O)NCC(c1ccsc1)N(C)C)c1ccccc1. The van der Waals surface area contributed by atoms with E-state index in [1.807, 2.05) is 44.4 Å². The molecule has 0 aliphatic carbocycles. The van der Waals surface area contributed by atoms with E-state index in [-0.39, 0.29) is 18.0 Å². The minimum Gasteiger partial charge on any atom is -0.353 e. The van der Waals surface area contributed by atoms with Crippen molar-refractivity contribution >= 4 is 17.2 Å². The van der Waals surface area contributed by atoms with Gasteiger partial charge in [0.05, 0.1) is 6.04 Å². The number of carbonyl (C=O) groups is 1. The minimum absolute atomic E-state index is 0.0666. The fraction of sp³-hybridized carbons (Fsp3) is 0.450. The zero-order chi connectivity index (χ0) is 18.2. The number of carbonyl (C=O) groups excluding carboxylic acids is 1. The highest BCUT2D eigenvalue weighted by Crippen LogP contribution is 2.23. The van der Waals surface area contributed by atoms with Crippen molar-refractivity contribution in [2.24, 2.45) is 0 Å². The number of amides is 1. The molecule has 1 aromatic heterocycles. The average Bonchev–Trinajstić information content (AvgIpc) is 3.14. The molecule has 0 bridgehead atoms. The van der Waals surface area contributed by atoms with Gasteiger partial charge < -0.3 is 10.2 Å². The highest BCUT2D eigenvalue weighted by molar-refractivity contribution is 7.07. The molecular weight excluding hydrogens is 330 g/mol. The van der Waals surface area contributed by atoms with Crippen LogP contribution in [0.2, 0.25) is 0 Å². The van der Waals surface area contributed by atoms with Crippen molar-refractivity contribution < 1.29 is 4.79 Å². The first-order valence-electron chi connectivity index (χ1n) is 8.83. The lowest BCUT2D eigenvalue weighted by Crippen LogP contribution is -2.43. The average molecular weight is 360 g/mol. The van der Waals surface area contributed by atoms with E-state index in [0.29, 0.717) is 6.54 Å². The lowest BCUT2D eigenvalue weighted by Gasteiger charge is -2.30. The van der Waals surface area contributed by atoms with E-state index < -0.39 is 0 Å². The third kappa shape index (κ3) is 5.14. The third-order valence-electron chi connectivity index (χ3n) is 4.56. The maximum absolute atomic E-state index is 13.0. The Labute approximate surface area is 155 Å². The first-order valence-corrected chi connectivity index (χ1v) is 9.78. The van der Waals surface area contributed by atoms with E-state index in [2.05, 4.69) is 45.8 Å². The van der Waals surface area contributed by atoms with Gasteiger partial charge in [0.15, 0.2) is 0 Å². The third-order valence-corrected chi connectivity index (χ3v) is 5.26. The summed E-state index contributed by atoms with van der Waals surface area (Å²) < 4.78 is 0. The van der Waals surface area contributed by atoms with Crippen molar-refractivity contribution in [1.82, 2.24) is 15.1 Å². The zero-order valence-corrected chi connectivity index (χ0v) is 16.4. The number of nitrogens with zero attached hydrogens (tertiary/aromatic N) is 2. The van der Waals surface area contributed by atoms with Gasteiger partial charge in [-0.1, -0.05) is 44.2 Å². The molecule has 1 N–H and O–H groups in total. The van der Waals surface area contributed by atoms with E-state index in [1.165, 1.54) is 5.56 Å². The monoisotopic (exact) mass is 359 g/mol. The molecule has 1 aromatic carbocycles. The number of hydrogen-bond donors (Lipinski definition) is 1. The lowest BCUT2D eigenvalue weighted by atomic mass is 10.0. The van der Waals surface area contributed by atoms with Crippen molar-refractivity contribution in [3.8, 4) is 0 Å². The van der Waals surface area contributed by atoms with Gasteiger partial charge in [0.25, 0.3) is 0 Å². The summed E-state index contributed by atoms with van der Waals surface area (Å²) in [4.78, 5) is 17.4. The quantitative estimate of drug-likeness (QED) is 0.744. The molecule has 1 heterocycles. The van der Waals surface area contributed by atoms with E-state index in [1.54, 1.807) is 11.3 Å². The Morgan fingerprint density at radius 1 is 1.08 bits per heavy atom. The van der Waals surface area contributed by atoms with Gasteiger partial charge in [0, 0.05) is 6.54 Å². The van der Waals surface area contributed by atoms with Gasteiger partial charge in [-0.2, -0.15) is 11.3 Å². The molecule has 2 atom stereocenters. The Morgan fingerprint density at radius 3 is 2.28 bits per heavy atom. The van der Waals surface area contributed by atoms with E-state index >= 15 is 0 Å². The number of rotatable bonds is 9. The van der Waals surface area contributed by atoms with Crippen molar-refractivity contribution in [2.45, 2.75) is 25.9 Å². The molecule has 0 radical (unpaired) electrons. The predicted octanol–water partition coefficient (Wildman–Crippen LogP) is 3.55. The van der Waals surface area contributed by atoms with Crippen LogP contribution in [0.3, 0.4) is 0 Å². The standard InChI is InChI=1S/C20H29N3OS/c1-5-23(6-2)19(16-10-8-7-9-11-16)20(24)21-14-18(22(3)4)17-12-13-25-15-17/h7-13,15,18-19H,5-6,14H2,1-4H3,(H,21,24). The molecule has 0 fully saturated rings. The fourth-order valence-corrected chi connectivity index (χ4v) is 3.82. The summed E-state index contributed by atoms with van der Waals surface area (Å²) in [5.74, 6) is 0.0666. The summed E-state index contributed by atoms with van der Waals surface area (Å²) in [6.07, 6.45) is 0.